The zero-order valence-electron chi connectivity index (χ0n) is 8.08. The van der Waals surface area contributed by atoms with Crippen LogP contribution in [0.2, 0.25) is 0 Å². The molecule has 2 rings (SSSR count). The molecule has 2 heterocycles. The quantitative estimate of drug-likeness (QED) is 0.771. The molecule has 0 aliphatic rings. The Morgan fingerprint density at radius 2 is 2.43 bits per heavy atom. The number of nitrogens with zero attached hydrogens (tertiary/aromatic N) is 1. The minimum Gasteiger partial charge on any atom is -0.367 e. The molecule has 0 aromatic carbocycles. The molecule has 0 radical (unpaired) electrons. The highest BCUT2D eigenvalue weighted by atomic mass is 16.5. The fraction of sp³-hybridized carbons (Fsp3) is 0.300. The lowest BCUT2D eigenvalue weighted by molar-refractivity contribution is 0.388. The van der Waals surface area contributed by atoms with Crippen molar-refractivity contribution >= 4 is 0 Å². The Morgan fingerprint density at radius 3 is 3.07 bits per heavy atom. The Balaban J connectivity index is 1.78. The molecule has 74 valence electrons. The van der Waals surface area contributed by atoms with Gasteiger partial charge in [-0.25, -0.2) is 0 Å². The number of rotatable bonds is 4. The Morgan fingerprint density at radius 1 is 1.50 bits per heavy atom. The van der Waals surface area contributed by atoms with Crippen LogP contribution in [-0.2, 0) is 13.1 Å². The molecule has 0 saturated carbocycles. The fourth-order valence-corrected chi connectivity index (χ4v) is 1.30. The van der Waals surface area contributed by atoms with Gasteiger partial charge in [-0.2, -0.15) is 0 Å². The molecular weight excluding hydrogens is 178 g/mol. The number of aromatic amines is 1. The highest BCUT2D eigenvalue weighted by Gasteiger charge is 1.99. The van der Waals surface area contributed by atoms with Crippen LogP contribution < -0.4 is 5.32 Å². The summed E-state index contributed by atoms with van der Waals surface area (Å²) in [7, 11) is 0. The first kappa shape index (κ1) is 9.02. The second kappa shape index (κ2) is 4.11. The fourth-order valence-electron chi connectivity index (χ4n) is 1.30. The van der Waals surface area contributed by atoms with Gasteiger partial charge in [-0.1, -0.05) is 5.16 Å². The predicted octanol–water partition coefficient (Wildman–Crippen LogP) is 1.60. The maximum absolute atomic E-state index is 4.96. The second-order valence-corrected chi connectivity index (χ2v) is 3.25. The van der Waals surface area contributed by atoms with Gasteiger partial charge in [0.2, 0.25) is 0 Å². The maximum atomic E-state index is 4.96. The molecule has 0 aliphatic heterocycles. The molecule has 4 heteroatoms. The van der Waals surface area contributed by atoms with Gasteiger partial charge in [-0.15, -0.1) is 0 Å². The molecule has 0 amide bonds. The Bertz CT molecular complexity index is 378. The van der Waals surface area contributed by atoms with Crippen molar-refractivity contribution in [3.8, 4) is 0 Å². The van der Waals surface area contributed by atoms with Gasteiger partial charge >= 0.3 is 0 Å². The highest BCUT2D eigenvalue weighted by molar-refractivity contribution is 5.08. The molecule has 4 nitrogen and oxygen atoms in total. The van der Waals surface area contributed by atoms with E-state index in [1.807, 2.05) is 31.5 Å². The molecule has 2 N–H and O–H groups in total. The van der Waals surface area contributed by atoms with Crippen molar-refractivity contribution in [2.45, 2.75) is 20.0 Å². The zero-order chi connectivity index (χ0) is 9.80. The molecule has 14 heavy (non-hydrogen) atoms. The maximum Gasteiger partial charge on any atom is 0.133 e. The van der Waals surface area contributed by atoms with Crippen molar-refractivity contribution in [1.29, 1.82) is 0 Å². The standard InChI is InChI=1S/C10H13N3O/c1-8-4-10(13-14-8)7-12-6-9-2-3-11-5-9/h2-5,11-12H,6-7H2,1H3. The van der Waals surface area contributed by atoms with Gasteiger partial charge in [0.1, 0.15) is 5.76 Å². The van der Waals surface area contributed by atoms with E-state index in [9.17, 15) is 0 Å². The van der Waals surface area contributed by atoms with Crippen LogP contribution in [0.1, 0.15) is 17.0 Å². The van der Waals surface area contributed by atoms with E-state index in [4.69, 9.17) is 4.52 Å². The van der Waals surface area contributed by atoms with E-state index in [1.165, 1.54) is 5.56 Å². The molecule has 0 bridgehead atoms. The highest BCUT2D eigenvalue weighted by Crippen LogP contribution is 2.01. The summed E-state index contributed by atoms with van der Waals surface area (Å²) in [4.78, 5) is 3.01. The van der Waals surface area contributed by atoms with Crippen LogP contribution in [0.4, 0.5) is 0 Å². The molecule has 0 aliphatic carbocycles. The summed E-state index contributed by atoms with van der Waals surface area (Å²) in [6.07, 6.45) is 3.89. The first-order chi connectivity index (χ1) is 6.84. The number of aromatic nitrogens is 2. The lowest BCUT2D eigenvalue weighted by Crippen LogP contribution is -2.12. The van der Waals surface area contributed by atoms with E-state index in [1.54, 1.807) is 0 Å². The molecule has 2 aromatic heterocycles. The van der Waals surface area contributed by atoms with Crippen LogP contribution in [0.3, 0.4) is 0 Å². The first-order valence-electron chi connectivity index (χ1n) is 4.59. The lowest BCUT2D eigenvalue weighted by Gasteiger charge is -1.98. The van der Waals surface area contributed by atoms with E-state index in [0.717, 1.165) is 24.5 Å². The van der Waals surface area contributed by atoms with E-state index in [0.29, 0.717) is 0 Å². The minimum atomic E-state index is 0.739. The number of hydrogen-bond acceptors (Lipinski definition) is 3. The van der Waals surface area contributed by atoms with Gasteiger partial charge in [0, 0.05) is 31.5 Å². The van der Waals surface area contributed by atoms with Gasteiger partial charge in [0.25, 0.3) is 0 Å². The van der Waals surface area contributed by atoms with Crippen LogP contribution in [0.15, 0.2) is 29.0 Å². The summed E-state index contributed by atoms with van der Waals surface area (Å²) in [5.41, 5.74) is 2.18. The largest absolute Gasteiger partial charge is 0.367 e. The number of hydrogen-bond donors (Lipinski definition) is 2. The molecular formula is C10H13N3O. The summed E-state index contributed by atoms with van der Waals surface area (Å²) < 4.78 is 4.96. The van der Waals surface area contributed by atoms with Crippen LogP contribution in [0, 0.1) is 6.92 Å². The van der Waals surface area contributed by atoms with Crippen LogP contribution in [0.25, 0.3) is 0 Å². The average Bonchev–Trinajstić information content (AvgIpc) is 2.77. The molecule has 0 fully saturated rings. The Labute approximate surface area is 82.3 Å². The summed E-state index contributed by atoms with van der Waals surface area (Å²) in [5.74, 6) is 0.850. The first-order valence-corrected chi connectivity index (χ1v) is 4.59. The third kappa shape index (κ3) is 2.23. The van der Waals surface area contributed by atoms with Crippen LogP contribution in [0.5, 0.6) is 0 Å². The van der Waals surface area contributed by atoms with Gasteiger partial charge in [0.05, 0.1) is 5.69 Å². The van der Waals surface area contributed by atoms with Gasteiger partial charge in [-0.05, 0) is 18.6 Å². The summed E-state index contributed by atoms with van der Waals surface area (Å²) >= 11 is 0. The Hall–Kier alpha value is -1.55. The van der Waals surface area contributed by atoms with Gasteiger partial charge < -0.3 is 14.8 Å². The zero-order valence-corrected chi connectivity index (χ0v) is 8.08. The second-order valence-electron chi connectivity index (χ2n) is 3.25. The number of nitrogens with one attached hydrogen (secondary N) is 2. The van der Waals surface area contributed by atoms with Crippen molar-refractivity contribution < 1.29 is 4.52 Å². The van der Waals surface area contributed by atoms with Crippen LogP contribution >= 0.6 is 0 Å². The van der Waals surface area contributed by atoms with Crippen molar-refractivity contribution in [3.05, 3.63) is 41.5 Å². The topological polar surface area (TPSA) is 53.9 Å². The third-order valence-corrected chi connectivity index (χ3v) is 1.97. The van der Waals surface area contributed by atoms with Crippen molar-refractivity contribution in [2.24, 2.45) is 0 Å². The summed E-state index contributed by atoms with van der Waals surface area (Å²) in [6, 6.07) is 3.98. The van der Waals surface area contributed by atoms with E-state index >= 15 is 0 Å². The molecule has 0 saturated heterocycles. The van der Waals surface area contributed by atoms with E-state index in [-0.39, 0.29) is 0 Å². The predicted molar refractivity (Wildman–Crippen MR) is 52.6 cm³/mol. The Kier molecular flexibility index (Phi) is 2.65. The van der Waals surface area contributed by atoms with E-state index in [2.05, 4.69) is 15.5 Å². The third-order valence-electron chi connectivity index (χ3n) is 1.97. The van der Waals surface area contributed by atoms with Crippen LogP contribution in [-0.4, -0.2) is 10.1 Å². The average molecular weight is 191 g/mol. The van der Waals surface area contributed by atoms with E-state index < -0.39 is 0 Å². The van der Waals surface area contributed by atoms with Crippen molar-refractivity contribution in [2.75, 3.05) is 0 Å². The lowest BCUT2D eigenvalue weighted by atomic mass is 10.3. The van der Waals surface area contributed by atoms with Crippen molar-refractivity contribution in [3.63, 3.8) is 0 Å². The van der Waals surface area contributed by atoms with Crippen molar-refractivity contribution in [1.82, 2.24) is 15.5 Å². The normalized spacial score (nSPS) is 10.6. The molecule has 2 aromatic rings. The molecule has 0 spiro atoms. The number of H-pyrrole nitrogens is 1. The van der Waals surface area contributed by atoms with Gasteiger partial charge in [-0.3, -0.25) is 0 Å². The smallest absolute Gasteiger partial charge is 0.133 e. The van der Waals surface area contributed by atoms with Gasteiger partial charge in [0.15, 0.2) is 0 Å². The minimum absolute atomic E-state index is 0.739. The molecule has 0 atom stereocenters. The monoisotopic (exact) mass is 191 g/mol. The summed E-state index contributed by atoms with van der Waals surface area (Å²) in [6.45, 7) is 3.47. The summed E-state index contributed by atoms with van der Waals surface area (Å²) in [5, 5.41) is 7.16. The SMILES string of the molecule is Cc1cc(CNCc2cc[nH]c2)no1. The molecule has 0 unspecified atom stereocenters. The number of aryl methyl sites for hydroxylation is 1.